The minimum atomic E-state index is 1.10. The molecule has 0 radical (unpaired) electrons. The number of allylic oxidation sites excluding steroid dienone is 1. The molecular weight excluding hydrogens is 110 g/mol. The highest BCUT2D eigenvalue weighted by atomic mass is 15.1. The highest BCUT2D eigenvalue weighted by Crippen LogP contribution is 1.93. The topological polar surface area (TPSA) is 3.24 Å². The van der Waals surface area contributed by atoms with Gasteiger partial charge in [-0.1, -0.05) is 18.6 Å². The Morgan fingerprint density at radius 2 is 2.11 bits per heavy atom. The standard InChI is InChI=1S/C8H17N/c1-5-8(3)7-9(4)6-2/h5H,6-7H2,1-4H3/b8-5-. The van der Waals surface area contributed by atoms with Crippen LogP contribution in [-0.4, -0.2) is 25.0 Å². The van der Waals surface area contributed by atoms with Gasteiger partial charge < -0.3 is 4.90 Å². The van der Waals surface area contributed by atoms with Crippen LogP contribution < -0.4 is 0 Å². The molecule has 9 heavy (non-hydrogen) atoms. The number of hydrogen-bond donors (Lipinski definition) is 0. The van der Waals surface area contributed by atoms with Gasteiger partial charge in [0.05, 0.1) is 0 Å². The molecule has 0 aromatic heterocycles. The van der Waals surface area contributed by atoms with Crippen molar-refractivity contribution >= 4 is 0 Å². The molecule has 0 aliphatic rings. The molecule has 0 fully saturated rings. The quantitative estimate of drug-likeness (QED) is 0.523. The van der Waals surface area contributed by atoms with Crippen molar-refractivity contribution in [3.8, 4) is 0 Å². The first-order valence-electron chi connectivity index (χ1n) is 3.51. The molecule has 0 aromatic carbocycles. The lowest BCUT2D eigenvalue weighted by molar-refractivity contribution is 0.383. The number of nitrogens with zero attached hydrogens (tertiary/aromatic N) is 1. The van der Waals surface area contributed by atoms with Crippen molar-refractivity contribution < 1.29 is 0 Å². The third kappa shape index (κ3) is 4.22. The molecule has 0 saturated heterocycles. The van der Waals surface area contributed by atoms with E-state index in [1.165, 1.54) is 5.57 Å². The van der Waals surface area contributed by atoms with Crippen molar-refractivity contribution in [2.45, 2.75) is 20.8 Å². The fourth-order valence-corrected chi connectivity index (χ4v) is 0.629. The second-order valence-electron chi connectivity index (χ2n) is 2.47. The second kappa shape index (κ2) is 4.57. The maximum atomic E-state index is 2.29. The predicted molar refractivity (Wildman–Crippen MR) is 42.6 cm³/mol. The van der Waals surface area contributed by atoms with Gasteiger partial charge in [-0.15, -0.1) is 0 Å². The normalized spacial score (nSPS) is 12.8. The van der Waals surface area contributed by atoms with Crippen LogP contribution in [0.5, 0.6) is 0 Å². The molecule has 0 amide bonds. The lowest BCUT2D eigenvalue weighted by Crippen LogP contribution is -2.19. The molecule has 0 aromatic rings. The molecular formula is C8H17N. The molecule has 0 bridgehead atoms. The van der Waals surface area contributed by atoms with Gasteiger partial charge >= 0.3 is 0 Å². The summed E-state index contributed by atoms with van der Waals surface area (Å²) < 4.78 is 0. The largest absolute Gasteiger partial charge is 0.303 e. The third-order valence-electron chi connectivity index (χ3n) is 1.55. The van der Waals surface area contributed by atoms with Crippen LogP contribution in [0.1, 0.15) is 20.8 Å². The van der Waals surface area contributed by atoms with Gasteiger partial charge in [0.25, 0.3) is 0 Å². The highest BCUT2D eigenvalue weighted by Gasteiger charge is 1.92. The number of hydrogen-bond acceptors (Lipinski definition) is 1. The van der Waals surface area contributed by atoms with Crippen LogP contribution >= 0.6 is 0 Å². The lowest BCUT2D eigenvalue weighted by atomic mass is 10.3. The molecule has 1 heteroatoms. The minimum absolute atomic E-state index is 1.10. The van der Waals surface area contributed by atoms with Gasteiger partial charge in [0.15, 0.2) is 0 Å². The third-order valence-corrected chi connectivity index (χ3v) is 1.55. The van der Waals surface area contributed by atoms with Crippen molar-refractivity contribution in [3.63, 3.8) is 0 Å². The summed E-state index contributed by atoms with van der Waals surface area (Å²) in [5.74, 6) is 0. The summed E-state index contributed by atoms with van der Waals surface area (Å²) in [7, 11) is 2.13. The molecule has 0 unspecified atom stereocenters. The van der Waals surface area contributed by atoms with Crippen LogP contribution in [-0.2, 0) is 0 Å². The van der Waals surface area contributed by atoms with Crippen molar-refractivity contribution in [3.05, 3.63) is 11.6 Å². The summed E-state index contributed by atoms with van der Waals surface area (Å²) in [4.78, 5) is 2.29. The van der Waals surface area contributed by atoms with E-state index in [9.17, 15) is 0 Å². The van der Waals surface area contributed by atoms with Gasteiger partial charge in [0.1, 0.15) is 0 Å². The van der Waals surface area contributed by atoms with Gasteiger partial charge in [-0.05, 0) is 27.4 Å². The highest BCUT2D eigenvalue weighted by molar-refractivity contribution is 4.97. The van der Waals surface area contributed by atoms with Crippen LogP contribution in [0.15, 0.2) is 11.6 Å². The Hall–Kier alpha value is -0.300. The molecule has 1 nitrogen and oxygen atoms in total. The average Bonchev–Trinajstić information content (AvgIpc) is 1.87. The lowest BCUT2D eigenvalue weighted by Gasteiger charge is -2.12. The van der Waals surface area contributed by atoms with Crippen LogP contribution in [0.4, 0.5) is 0 Å². The average molecular weight is 127 g/mol. The van der Waals surface area contributed by atoms with E-state index in [1.54, 1.807) is 0 Å². The maximum absolute atomic E-state index is 2.29. The van der Waals surface area contributed by atoms with Crippen LogP contribution in [0.2, 0.25) is 0 Å². The number of rotatable bonds is 3. The van der Waals surface area contributed by atoms with E-state index in [4.69, 9.17) is 0 Å². The van der Waals surface area contributed by atoms with Gasteiger partial charge in [-0.2, -0.15) is 0 Å². The van der Waals surface area contributed by atoms with Gasteiger partial charge in [0.2, 0.25) is 0 Å². The fraction of sp³-hybridized carbons (Fsp3) is 0.750. The van der Waals surface area contributed by atoms with Crippen molar-refractivity contribution in [1.82, 2.24) is 4.90 Å². The molecule has 0 spiro atoms. The summed E-state index contributed by atoms with van der Waals surface area (Å²) in [5.41, 5.74) is 1.44. The van der Waals surface area contributed by atoms with Crippen molar-refractivity contribution in [2.24, 2.45) is 0 Å². The van der Waals surface area contributed by atoms with Crippen LogP contribution in [0.3, 0.4) is 0 Å². The Balaban J connectivity index is 3.47. The van der Waals surface area contributed by atoms with E-state index >= 15 is 0 Å². The minimum Gasteiger partial charge on any atom is -0.303 e. The first-order valence-corrected chi connectivity index (χ1v) is 3.51. The molecule has 54 valence electrons. The first kappa shape index (κ1) is 8.70. The van der Waals surface area contributed by atoms with Gasteiger partial charge in [-0.3, -0.25) is 0 Å². The van der Waals surface area contributed by atoms with Crippen LogP contribution in [0, 0.1) is 0 Å². The molecule has 0 heterocycles. The van der Waals surface area contributed by atoms with Crippen molar-refractivity contribution in [1.29, 1.82) is 0 Å². The molecule has 0 aliphatic heterocycles. The maximum Gasteiger partial charge on any atom is 0.0186 e. The van der Waals surface area contributed by atoms with E-state index in [0.29, 0.717) is 0 Å². The molecule has 0 N–H and O–H groups in total. The van der Waals surface area contributed by atoms with Gasteiger partial charge in [0, 0.05) is 6.54 Å². The van der Waals surface area contributed by atoms with Gasteiger partial charge in [-0.25, -0.2) is 0 Å². The Morgan fingerprint density at radius 1 is 1.56 bits per heavy atom. The Morgan fingerprint density at radius 3 is 2.44 bits per heavy atom. The zero-order valence-corrected chi connectivity index (χ0v) is 6.94. The number of likely N-dealkylation sites (N-methyl/N-ethyl adjacent to an activating group) is 1. The zero-order valence-electron chi connectivity index (χ0n) is 6.94. The molecule has 0 aliphatic carbocycles. The first-order chi connectivity index (χ1) is 4.20. The van der Waals surface area contributed by atoms with Crippen molar-refractivity contribution in [2.75, 3.05) is 20.1 Å². The summed E-state index contributed by atoms with van der Waals surface area (Å²) in [6, 6.07) is 0. The fourth-order valence-electron chi connectivity index (χ4n) is 0.629. The van der Waals surface area contributed by atoms with E-state index in [0.717, 1.165) is 13.1 Å². The van der Waals surface area contributed by atoms with Crippen LogP contribution in [0.25, 0.3) is 0 Å². The Kier molecular flexibility index (Phi) is 4.41. The summed E-state index contributed by atoms with van der Waals surface area (Å²) in [6.07, 6.45) is 2.16. The molecule has 0 atom stereocenters. The molecule has 0 saturated carbocycles. The monoisotopic (exact) mass is 127 g/mol. The smallest absolute Gasteiger partial charge is 0.0186 e. The van der Waals surface area contributed by atoms with E-state index in [1.807, 2.05) is 0 Å². The molecule has 0 rings (SSSR count). The summed E-state index contributed by atoms with van der Waals surface area (Å²) in [6.45, 7) is 8.64. The zero-order chi connectivity index (χ0) is 7.28. The summed E-state index contributed by atoms with van der Waals surface area (Å²) >= 11 is 0. The SMILES string of the molecule is C/C=C(/C)CN(C)CC. The summed E-state index contributed by atoms with van der Waals surface area (Å²) in [5, 5.41) is 0. The van der Waals surface area contributed by atoms with E-state index < -0.39 is 0 Å². The Labute approximate surface area is 58.4 Å². The Bertz CT molecular complexity index is 94.7. The van der Waals surface area contributed by atoms with E-state index in [-0.39, 0.29) is 0 Å². The van der Waals surface area contributed by atoms with E-state index in [2.05, 4.69) is 38.8 Å². The second-order valence-corrected chi connectivity index (χ2v) is 2.47. The predicted octanol–water partition coefficient (Wildman–Crippen LogP) is 1.90.